The average Bonchev–Trinajstić information content (AvgIpc) is 2.48. The van der Waals surface area contributed by atoms with Gasteiger partial charge in [0.1, 0.15) is 0 Å². The third-order valence-electron chi connectivity index (χ3n) is 4.63. The molecule has 1 saturated heterocycles. The van der Waals surface area contributed by atoms with Crippen LogP contribution in [0, 0.1) is 5.92 Å². The molecule has 1 atom stereocenters. The summed E-state index contributed by atoms with van der Waals surface area (Å²) in [6.07, 6.45) is 5.84. The van der Waals surface area contributed by atoms with Crippen molar-refractivity contribution in [3.63, 3.8) is 0 Å². The number of hydrogen-bond acceptors (Lipinski definition) is 3. The normalized spacial score (nSPS) is 21.5. The van der Waals surface area contributed by atoms with Crippen LogP contribution < -0.4 is 11.1 Å². The van der Waals surface area contributed by atoms with E-state index in [0.29, 0.717) is 12.3 Å². The van der Waals surface area contributed by atoms with E-state index in [9.17, 15) is 4.79 Å². The summed E-state index contributed by atoms with van der Waals surface area (Å²) in [7, 11) is 0. The summed E-state index contributed by atoms with van der Waals surface area (Å²) in [4.78, 5) is 12.3. The van der Waals surface area contributed by atoms with Crippen molar-refractivity contribution in [3.8, 4) is 0 Å². The summed E-state index contributed by atoms with van der Waals surface area (Å²) in [5.41, 5.74) is 9.20. The summed E-state index contributed by atoms with van der Waals surface area (Å²) >= 11 is 0. The molecule has 122 valence electrons. The van der Waals surface area contributed by atoms with Gasteiger partial charge in [-0.25, -0.2) is 0 Å². The van der Waals surface area contributed by atoms with Crippen LogP contribution in [0.1, 0.15) is 49.3 Å². The molecule has 2 aliphatic rings. The van der Waals surface area contributed by atoms with Crippen LogP contribution in [0.4, 0.5) is 5.69 Å². The van der Waals surface area contributed by atoms with E-state index in [1.165, 1.54) is 11.1 Å². The second-order valence-corrected chi connectivity index (χ2v) is 6.23. The van der Waals surface area contributed by atoms with Gasteiger partial charge in [-0.15, -0.1) is 12.4 Å². The summed E-state index contributed by atoms with van der Waals surface area (Å²) in [6.45, 7) is 1.59. The van der Waals surface area contributed by atoms with E-state index < -0.39 is 0 Å². The lowest BCUT2D eigenvalue weighted by molar-refractivity contribution is -0.123. The Bertz CT molecular complexity index is 515. The van der Waals surface area contributed by atoms with E-state index in [0.717, 1.165) is 51.0 Å². The lowest BCUT2D eigenvalue weighted by Crippen LogP contribution is -2.33. The number of nitrogens with two attached hydrogens (primary N) is 1. The molecule has 5 heteroatoms. The van der Waals surface area contributed by atoms with Gasteiger partial charge >= 0.3 is 0 Å². The molecule has 1 aliphatic heterocycles. The Hall–Kier alpha value is -1.26. The molecular weight excluding hydrogens is 300 g/mol. The fourth-order valence-corrected chi connectivity index (χ4v) is 3.45. The maximum absolute atomic E-state index is 12.3. The molecule has 3 rings (SSSR count). The van der Waals surface area contributed by atoms with Gasteiger partial charge in [-0.3, -0.25) is 4.79 Å². The number of fused-ring (bicyclic) bond motifs is 1. The molecule has 4 nitrogen and oxygen atoms in total. The molecular formula is C17H25ClN2O2. The number of nitrogens with one attached hydrogen (secondary N) is 1. The van der Waals surface area contributed by atoms with Crippen molar-refractivity contribution in [3.05, 3.63) is 29.3 Å². The lowest BCUT2D eigenvalue weighted by atomic mass is 9.87. The monoisotopic (exact) mass is 324 g/mol. The van der Waals surface area contributed by atoms with Crippen molar-refractivity contribution >= 4 is 24.0 Å². The Morgan fingerprint density at radius 2 is 2.05 bits per heavy atom. The molecule has 1 unspecified atom stereocenters. The number of nitrogen functional groups attached to an aromatic ring is 1. The Morgan fingerprint density at radius 1 is 1.27 bits per heavy atom. The number of hydrogen-bond donors (Lipinski definition) is 2. The van der Waals surface area contributed by atoms with Crippen LogP contribution in [0.5, 0.6) is 0 Å². The largest absolute Gasteiger partial charge is 0.399 e. The highest BCUT2D eigenvalue weighted by molar-refractivity contribution is 5.85. The molecule has 0 aromatic heterocycles. The van der Waals surface area contributed by atoms with Crippen molar-refractivity contribution in [2.75, 3.05) is 18.9 Å². The van der Waals surface area contributed by atoms with Gasteiger partial charge in [0.05, 0.1) is 6.04 Å². The summed E-state index contributed by atoms with van der Waals surface area (Å²) in [6, 6.07) is 6.21. The zero-order chi connectivity index (χ0) is 14.7. The Balaban J connectivity index is 0.00000176. The van der Waals surface area contributed by atoms with Gasteiger partial charge in [0.15, 0.2) is 0 Å². The molecule has 0 spiro atoms. The topological polar surface area (TPSA) is 64.3 Å². The third-order valence-corrected chi connectivity index (χ3v) is 4.63. The molecule has 0 radical (unpaired) electrons. The summed E-state index contributed by atoms with van der Waals surface area (Å²) < 4.78 is 5.35. The van der Waals surface area contributed by atoms with Gasteiger partial charge in [-0.2, -0.15) is 0 Å². The SMILES string of the molecule is Cl.Nc1ccc2c(c1)CCCC2NC(=O)CC1CCOCC1. The molecule has 0 saturated carbocycles. The maximum Gasteiger partial charge on any atom is 0.220 e. The molecule has 1 fully saturated rings. The first-order chi connectivity index (χ1) is 10.2. The Kier molecular flexibility index (Phi) is 6.09. The molecule has 1 amide bonds. The van der Waals surface area contributed by atoms with Crippen molar-refractivity contribution < 1.29 is 9.53 Å². The molecule has 1 aromatic carbocycles. The van der Waals surface area contributed by atoms with Gasteiger partial charge in [-0.1, -0.05) is 6.07 Å². The van der Waals surface area contributed by atoms with E-state index in [4.69, 9.17) is 10.5 Å². The molecule has 3 N–H and O–H groups in total. The molecule has 0 bridgehead atoms. The highest BCUT2D eigenvalue weighted by atomic mass is 35.5. The smallest absolute Gasteiger partial charge is 0.220 e. The molecule has 1 aliphatic carbocycles. The number of carbonyl (C=O) groups excluding carboxylic acids is 1. The van der Waals surface area contributed by atoms with Gasteiger partial charge < -0.3 is 15.8 Å². The summed E-state index contributed by atoms with van der Waals surface area (Å²) in [5, 5.41) is 3.22. The van der Waals surface area contributed by atoms with Gasteiger partial charge in [0.25, 0.3) is 0 Å². The third kappa shape index (κ3) is 4.14. The first-order valence-electron chi connectivity index (χ1n) is 7.98. The number of benzene rings is 1. The van der Waals surface area contributed by atoms with Crippen LogP contribution in [-0.4, -0.2) is 19.1 Å². The molecule has 1 heterocycles. The van der Waals surface area contributed by atoms with Crippen LogP contribution in [0.2, 0.25) is 0 Å². The quantitative estimate of drug-likeness (QED) is 0.840. The van der Waals surface area contributed by atoms with Crippen LogP contribution in [-0.2, 0) is 16.0 Å². The van der Waals surface area contributed by atoms with E-state index in [2.05, 4.69) is 11.4 Å². The number of halogens is 1. The van der Waals surface area contributed by atoms with Crippen molar-refractivity contribution in [1.82, 2.24) is 5.32 Å². The van der Waals surface area contributed by atoms with Crippen LogP contribution in [0.3, 0.4) is 0 Å². The van der Waals surface area contributed by atoms with Gasteiger partial charge in [-0.05, 0) is 61.3 Å². The zero-order valence-electron chi connectivity index (χ0n) is 12.8. The van der Waals surface area contributed by atoms with E-state index >= 15 is 0 Å². The highest BCUT2D eigenvalue weighted by Gasteiger charge is 2.24. The molecule has 22 heavy (non-hydrogen) atoms. The minimum atomic E-state index is 0. The Morgan fingerprint density at radius 3 is 2.82 bits per heavy atom. The molecule has 1 aromatic rings. The van der Waals surface area contributed by atoms with Crippen LogP contribution >= 0.6 is 12.4 Å². The second kappa shape index (κ2) is 7.84. The van der Waals surface area contributed by atoms with Crippen molar-refractivity contribution in [1.29, 1.82) is 0 Å². The van der Waals surface area contributed by atoms with E-state index in [1.54, 1.807) is 0 Å². The fourth-order valence-electron chi connectivity index (χ4n) is 3.45. The minimum absolute atomic E-state index is 0. The highest BCUT2D eigenvalue weighted by Crippen LogP contribution is 2.31. The summed E-state index contributed by atoms with van der Waals surface area (Å²) in [5.74, 6) is 0.657. The number of ether oxygens (including phenoxy) is 1. The predicted molar refractivity (Wildman–Crippen MR) is 90.1 cm³/mol. The first-order valence-corrected chi connectivity index (χ1v) is 7.98. The average molecular weight is 325 g/mol. The van der Waals surface area contributed by atoms with Crippen molar-refractivity contribution in [2.24, 2.45) is 5.92 Å². The predicted octanol–water partition coefficient (Wildman–Crippen LogP) is 3.00. The van der Waals surface area contributed by atoms with E-state index in [1.807, 2.05) is 12.1 Å². The zero-order valence-corrected chi connectivity index (χ0v) is 13.7. The standard InChI is InChI=1S/C17H24N2O2.ClH/c18-14-4-5-15-13(11-14)2-1-3-16(15)19-17(20)10-12-6-8-21-9-7-12;/h4-5,11-12,16H,1-3,6-10,18H2,(H,19,20);1H. The van der Waals surface area contributed by atoms with Gasteiger partial charge in [0, 0.05) is 25.3 Å². The number of amides is 1. The number of aryl methyl sites for hydroxylation is 1. The number of anilines is 1. The Labute approximate surface area is 138 Å². The number of rotatable bonds is 3. The number of carbonyl (C=O) groups is 1. The fraction of sp³-hybridized carbons (Fsp3) is 0.588. The van der Waals surface area contributed by atoms with Crippen molar-refractivity contribution in [2.45, 2.75) is 44.6 Å². The second-order valence-electron chi connectivity index (χ2n) is 6.23. The van der Waals surface area contributed by atoms with E-state index in [-0.39, 0.29) is 24.4 Å². The van der Waals surface area contributed by atoms with Crippen LogP contribution in [0.15, 0.2) is 18.2 Å². The van der Waals surface area contributed by atoms with Gasteiger partial charge in [0.2, 0.25) is 5.91 Å². The van der Waals surface area contributed by atoms with Crippen LogP contribution in [0.25, 0.3) is 0 Å². The lowest BCUT2D eigenvalue weighted by Gasteiger charge is -2.28. The maximum atomic E-state index is 12.3. The first kappa shape index (κ1) is 17.1. The minimum Gasteiger partial charge on any atom is -0.399 e.